The van der Waals surface area contributed by atoms with Crippen molar-refractivity contribution >= 4 is 5.91 Å². The van der Waals surface area contributed by atoms with Crippen LogP contribution < -0.4 is 11.1 Å². The normalized spacial score (nSPS) is 27.6. The number of nitrogens with one attached hydrogen (secondary N) is 1. The van der Waals surface area contributed by atoms with Gasteiger partial charge in [-0.15, -0.1) is 0 Å². The molecule has 0 spiro atoms. The predicted octanol–water partition coefficient (Wildman–Crippen LogP) is 1.87. The van der Waals surface area contributed by atoms with Gasteiger partial charge in [-0.1, -0.05) is 12.2 Å². The number of fused-ring (bicyclic) bond motifs is 1. The highest BCUT2D eigenvalue weighted by atomic mass is 16.5. The molecule has 0 aromatic carbocycles. The molecular weight excluding hydrogens is 292 g/mol. The second-order valence-electron chi connectivity index (χ2n) is 6.52. The average Bonchev–Trinajstić information content (AvgIpc) is 3.17. The maximum absolute atomic E-state index is 11.9. The Bertz CT molecular complexity index is 357. The molecule has 23 heavy (non-hydrogen) atoms. The standard InChI is InChI=1S/C18H32N2O3/c19-9-11-22-13-14-23-12-10-20-18(21)8-7-17-15-5-3-1-2-4-6-16(15)17/h1-2,15-17H,3-14,19H2,(H,20,21)/b2-1-/t15-,16+,17?. The van der Waals surface area contributed by atoms with Gasteiger partial charge < -0.3 is 20.5 Å². The highest BCUT2D eigenvalue weighted by Crippen LogP contribution is 2.54. The highest BCUT2D eigenvalue weighted by Gasteiger charge is 2.47. The van der Waals surface area contributed by atoms with Crippen molar-refractivity contribution in [1.82, 2.24) is 5.32 Å². The third kappa shape index (κ3) is 7.02. The molecule has 0 bridgehead atoms. The number of allylic oxidation sites excluding steroid dienone is 2. The monoisotopic (exact) mass is 324 g/mol. The van der Waals surface area contributed by atoms with Crippen LogP contribution in [-0.4, -0.2) is 45.4 Å². The van der Waals surface area contributed by atoms with Crippen molar-refractivity contribution in [3.05, 3.63) is 12.2 Å². The summed E-state index contributed by atoms with van der Waals surface area (Å²) in [5, 5.41) is 2.94. The third-order valence-electron chi connectivity index (χ3n) is 4.92. The minimum atomic E-state index is 0.158. The van der Waals surface area contributed by atoms with E-state index in [9.17, 15) is 4.79 Å². The van der Waals surface area contributed by atoms with Crippen molar-refractivity contribution in [1.29, 1.82) is 0 Å². The van der Waals surface area contributed by atoms with Crippen molar-refractivity contribution in [2.45, 2.75) is 38.5 Å². The van der Waals surface area contributed by atoms with Gasteiger partial charge in [0.1, 0.15) is 0 Å². The van der Waals surface area contributed by atoms with Crippen LogP contribution in [0.15, 0.2) is 12.2 Å². The summed E-state index contributed by atoms with van der Waals surface area (Å²) in [4.78, 5) is 11.9. The van der Waals surface area contributed by atoms with Gasteiger partial charge in [0.25, 0.3) is 0 Å². The van der Waals surface area contributed by atoms with Gasteiger partial charge in [0.05, 0.1) is 26.4 Å². The lowest BCUT2D eigenvalue weighted by molar-refractivity contribution is -0.121. The number of hydrogen-bond donors (Lipinski definition) is 2. The predicted molar refractivity (Wildman–Crippen MR) is 91.0 cm³/mol. The van der Waals surface area contributed by atoms with E-state index in [1.54, 1.807) is 0 Å². The van der Waals surface area contributed by atoms with E-state index in [1.165, 1.54) is 25.7 Å². The Hall–Kier alpha value is -0.910. The first-order valence-electron chi connectivity index (χ1n) is 9.10. The Kier molecular flexibility index (Phi) is 8.64. The van der Waals surface area contributed by atoms with Crippen molar-refractivity contribution < 1.29 is 14.3 Å². The number of carbonyl (C=O) groups is 1. The second-order valence-corrected chi connectivity index (χ2v) is 6.52. The summed E-state index contributed by atoms with van der Waals surface area (Å²) >= 11 is 0. The van der Waals surface area contributed by atoms with Crippen LogP contribution in [0.2, 0.25) is 0 Å². The molecule has 0 saturated heterocycles. The molecule has 1 fully saturated rings. The van der Waals surface area contributed by atoms with Gasteiger partial charge in [-0.25, -0.2) is 0 Å². The lowest BCUT2D eigenvalue weighted by Crippen LogP contribution is -2.27. The van der Waals surface area contributed by atoms with E-state index in [0.717, 1.165) is 24.2 Å². The van der Waals surface area contributed by atoms with Gasteiger partial charge >= 0.3 is 0 Å². The third-order valence-corrected chi connectivity index (χ3v) is 4.92. The van der Waals surface area contributed by atoms with Gasteiger partial charge in [-0.05, 0) is 49.9 Å². The van der Waals surface area contributed by atoms with Gasteiger partial charge in [0, 0.05) is 19.5 Å². The summed E-state index contributed by atoms with van der Waals surface area (Å²) in [7, 11) is 0. The van der Waals surface area contributed by atoms with Gasteiger partial charge in [0.2, 0.25) is 5.91 Å². The minimum Gasteiger partial charge on any atom is -0.378 e. The molecule has 3 atom stereocenters. The molecule has 2 aliphatic carbocycles. The number of ether oxygens (including phenoxy) is 2. The van der Waals surface area contributed by atoms with Crippen molar-refractivity contribution in [3.63, 3.8) is 0 Å². The lowest BCUT2D eigenvalue weighted by atomic mass is 10.1. The molecule has 1 amide bonds. The van der Waals surface area contributed by atoms with E-state index in [1.807, 2.05) is 0 Å². The Morgan fingerprint density at radius 1 is 1.04 bits per heavy atom. The molecule has 3 N–H and O–H groups in total. The summed E-state index contributed by atoms with van der Waals surface area (Å²) in [6.45, 7) is 3.34. The smallest absolute Gasteiger partial charge is 0.220 e. The Balaban J connectivity index is 1.43. The maximum Gasteiger partial charge on any atom is 0.220 e. The number of carbonyl (C=O) groups excluding carboxylic acids is 1. The number of nitrogens with two attached hydrogens (primary N) is 1. The van der Waals surface area contributed by atoms with E-state index < -0.39 is 0 Å². The molecule has 0 aromatic rings. The van der Waals surface area contributed by atoms with Crippen LogP contribution in [0, 0.1) is 17.8 Å². The topological polar surface area (TPSA) is 73.6 Å². The van der Waals surface area contributed by atoms with E-state index in [0.29, 0.717) is 45.9 Å². The summed E-state index contributed by atoms with van der Waals surface area (Å²) in [6, 6.07) is 0. The summed E-state index contributed by atoms with van der Waals surface area (Å²) in [5.74, 6) is 2.70. The van der Waals surface area contributed by atoms with Gasteiger partial charge in [0.15, 0.2) is 0 Å². The fourth-order valence-electron chi connectivity index (χ4n) is 3.68. The van der Waals surface area contributed by atoms with Crippen molar-refractivity contribution in [2.24, 2.45) is 23.5 Å². The second kappa shape index (κ2) is 10.8. The largest absolute Gasteiger partial charge is 0.378 e. The lowest BCUT2D eigenvalue weighted by Gasteiger charge is -2.07. The Labute approximate surface area is 140 Å². The fourth-order valence-corrected chi connectivity index (χ4v) is 3.68. The first-order chi connectivity index (χ1) is 11.3. The minimum absolute atomic E-state index is 0.158. The molecule has 1 saturated carbocycles. The molecule has 0 aliphatic heterocycles. The SMILES string of the molecule is NCCOCCOCCNC(=O)CCC1[C@H]2CC/C=C\CC[C@@H]12. The van der Waals surface area contributed by atoms with E-state index in [-0.39, 0.29) is 5.91 Å². The van der Waals surface area contributed by atoms with Crippen LogP contribution in [0.4, 0.5) is 0 Å². The zero-order valence-electron chi connectivity index (χ0n) is 14.2. The van der Waals surface area contributed by atoms with Crippen molar-refractivity contribution in [2.75, 3.05) is 39.5 Å². The zero-order chi connectivity index (χ0) is 16.3. The van der Waals surface area contributed by atoms with Crippen LogP contribution in [0.5, 0.6) is 0 Å². The molecule has 5 nitrogen and oxygen atoms in total. The van der Waals surface area contributed by atoms with Gasteiger partial charge in [-0.3, -0.25) is 4.79 Å². The van der Waals surface area contributed by atoms with Crippen LogP contribution in [0.25, 0.3) is 0 Å². The number of rotatable bonds is 11. The van der Waals surface area contributed by atoms with E-state index in [2.05, 4.69) is 17.5 Å². The molecule has 132 valence electrons. The fraction of sp³-hybridized carbons (Fsp3) is 0.833. The quantitative estimate of drug-likeness (QED) is 0.449. The number of hydrogen-bond acceptors (Lipinski definition) is 4. The summed E-state index contributed by atoms with van der Waals surface area (Å²) in [6.07, 6.45) is 11.4. The Morgan fingerprint density at radius 2 is 1.70 bits per heavy atom. The van der Waals surface area contributed by atoms with Crippen LogP contribution in [-0.2, 0) is 14.3 Å². The zero-order valence-corrected chi connectivity index (χ0v) is 14.2. The molecule has 1 unspecified atom stereocenters. The van der Waals surface area contributed by atoms with E-state index >= 15 is 0 Å². The van der Waals surface area contributed by atoms with Gasteiger partial charge in [-0.2, -0.15) is 0 Å². The molecule has 0 aromatic heterocycles. The molecule has 2 rings (SSSR count). The molecular formula is C18H32N2O3. The van der Waals surface area contributed by atoms with Crippen LogP contribution in [0.1, 0.15) is 38.5 Å². The van der Waals surface area contributed by atoms with E-state index in [4.69, 9.17) is 15.2 Å². The first kappa shape index (κ1) is 18.4. The number of amides is 1. The summed E-state index contributed by atoms with van der Waals surface area (Å²) < 4.78 is 10.6. The van der Waals surface area contributed by atoms with Crippen LogP contribution >= 0.6 is 0 Å². The average molecular weight is 324 g/mol. The highest BCUT2D eigenvalue weighted by molar-refractivity contribution is 5.75. The van der Waals surface area contributed by atoms with Crippen molar-refractivity contribution in [3.8, 4) is 0 Å². The molecule has 2 aliphatic rings. The first-order valence-corrected chi connectivity index (χ1v) is 9.10. The van der Waals surface area contributed by atoms with Crippen LogP contribution in [0.3, 0.4) is 0 Å². The molecule has 0 radical (unpaired) electrons. The molecule has 0 heterocycles. The Morgan fingerprint density at radius 3 is 2.35 bits per heavy atom. The maximum atomic E-state index is 11.9. The summed E-state index contributed by atoms with van der Waals surface area (Å²) in [5.41, 5.74) is 5.32. The molecule has 5 heteroatoms.